The molecule has 0 fully saturated rings. The van der Waals surface area contributed by atoms with Crippen molar-refractivity contribution in [2.75, 3.05) is 0 Å². The summed E-state index contributed by atoms with van der Waals surface area (Å²) in [7, 11) is 1.47. The third-order valence-electron chi connectivity index (χ3n) is 2.74. The summed E-state index contributed by atoms with van der Waals surface area (Å²) in [5.41, 5.74) is -0.201. The van der Waals surface area contributed by atoms with Crippen LogP contribution in [0.2, 0.25) is 0 Å². The van der Waals surface area contributed by atoms with Gasteiger partial charge in [0.05, 0.1) is 16.4 Å². The third kappa shape index (κ3) is 2.99. The molecule has 0 saturated carbocycles. The average molecular weight is 357 g/mol. The Hall–Kier alpha value is -2.49. The summed E-state index contributed by atoms with van der Waals surface area (Å²) in [5, 5.41) is 21.7. The fraction of sp³-hybridized carbons (Fsp3) is 0.182. The van der Waals surface area contributed by atoms with Crippen LogP contribution >= 0.6 is 15.9 Å². The standard InChI is InChI=1S/C11H9BrN4O5/c1-14-9(13-5-10(14)16(19)20)6-21-11-7(12)3-2-4-8(11)15(17)18/h2-5H,6H2,1H3. The van der Waals surface area contributed by atoms with Crippen LogP contribution in [-0.2, 0) is 13.7 Å². The Morgan fingerprint density at radius 2 is 2.05 bits per heavy atom. The second-order valence-electron chi connectivity index (χ2n) is 3.98. The molecule has 0 aliphatic heterocycles. The van der Waals surface area contributed by atoms with Crippen molar-refractivity contribution in [2.45, 2.75) is 6.61 Å². The van der Waals surface area contributed by atoms with Gasteiger partial charge < -0.3 is 14.9 Å². The molecule has 0 aliphatic carbocycles. The smallest absolute Gasteiger partial charge is 0.342 e. The molecule has 0 radical (unpaired) electrons. The Balaban J connectivity index is 2.25. The third-order valence-corrected chi connectivity index (χ3v) is 3.36. The molecule has 1 aromatic heterocycles. The van der Waals surface area contributed by atoms with E-state index in [2.05, 4.69) is 20.9 Å². The summed E-state index contributed by atoms with van der Waals surface area (Å²) >= 11 is 3.17. The van der Waals surface area contributed by atoms with Crippen LogP contribution in [-0.4, -0.2) is 19.4 Å². The average Bonchev–Trinajstić information content (AvgIpc) is 2.78. The minimum atomic E-state index is -0.572. The van der Waals surface area contributed by atoms with E-state index in [0.29, 0.717) is 4.47 Å². The number of nitrogens with zero attached hydrogens (tertiary/aromatic N) is 4. The molecule has 110 valence electrons. The lowest BCUT2D eigenvalue weighted by Gasteiger charge is -2.07. The summed E-state index contributed by atoms with van der Waals surface area (Å²) in [4.78, 5) is 24.4. The molecule has 2 rings (SSSR count). The Kier molecular flexibility index (Phi) is 4.17. The Bertz CT molecular complexity index is 715. The number of para-hydroxylation sites is 1. The van der Waals surface area contributed by atoms with Crippen LogP contribution in [0.1, 0.15) is 5.82 Å². The van der Waals surface area contributed by atoms with Crippen LogP contribution < -0.4 is 4.74 Å². The lowest BCUT2D eigenvalue weighted by Crippen LogP contribution is -2.07. The molecule has 1 aromatic carbocycles. The molecule has 0 N–H and O–H groups in total. The van der Waals surface area contributed by atoms with Crippen molar-refractivity contribution in [3.05, 3.63) is 54.9 Å². The topological polar surface area (TPSA) is 113 Å². The van der Waals surface area contributed by atoms with Crippen LogP contribution in [0.15, 0.2) is 28.9 Å². The molecule has 0 bridgehead atoms. The molecule has 0 saturated heterocycles. The molecule has 2 aromatic rings. The summed E-state index contributed by atoms with van der Waals surface area (Å²) in [5.74, 6) is 0.148. The van der Waals surface area contributed by atoms with Crippen molar-refractivity contribution in [2.24, 2.45) is 7.05 Å². The Morgan fingerprint density at radius 3 is 2.62 bits per heavy atom. The minimum absolute atomic E-state index is 0.0492. The largest absolute Gasteiger partial charge is 0.475 e. The number of imidazole rings is 1. The first-order valence-corrected chi connectivity index (χ1v) is 6.41. The van der Waals surface area contributed by atoms with E-state index in [9.17, 15) is 20.2 Å². The van der Waals surface area contributed by atoms with Crippen LogP contribution in [0.3, 0.4) is 0 Å². The Labute approximate surface area is 126 Å². The minimum Gasteiger partial charge on any atom is -0.475 e. The van der Waals surface area contributed by atoms with Gasteiger partial charge in [0.1, 0.15) is 6.20 Å². The van der Waals surface area contributed by atoms with E-state index >= 15 is 0 Å². The first-order chi connectivity index (χ1) is 9.91. The highest BCUT2D eigenvalue weighted by Gasteiger charge is 2.21. The van der Waals surface area contributed by atoms with Crippen molar-refractivity contribution < 1.29 is 14.6 Å². The molecule has 0 aliphatic rings. The van der Waals surface area contributed by atoms with Gasteiger partial charge in [0, 0.05) is 6.07 Å². The van der Waals surface area contributed by atoms with Crippen LogP contribution in [0, 0.1) is 20.2 Å². The number of hydrogen-bond donors (Lipinski definition) is 0. The molecule has 21 heavy (non-hydrogen) atoms. The van der Waals surface area contributed by atoms with Gasteiger partial charge in [-0.05, 0) is 26.9 Å². The fourth-order valence-electron chi connectivity index (χ4n) is 1.66. The van der Waals surface area contributed by atoms with Crippen LogP contribution in [0.5, 0.6) is 5.75 Å². The molecular formula is C11H9BrN4O5. The molecule has 0 amide bonds. The maximum absolute atomic E-state index is 10.9. The van der Waals surface area contributed by atoms with Crippen LogP contribution in [0.4, 0.5) is 11.5 Å². The zero-order valence-corrected chi connectivity index (χ0v) is 12.3. The lowest BCUT2D eigenvalue weighted by atomic mass is 10.3. The highest BCUT2D eigenvalue weighted by atomic mass is 79.9. The van der Waals surface area contributed by atoms with Crippen molar-refractivity contribution in [3.63, 3.8) is 0 Å². The highest BCUT2D eigenvalue weighted by Crippen LogP contribution is 2.35. The predicted molar refractivity (Wildman–Crippen MR) is 75.0 cm³/mol. The summed E-state index contributed by atoms with van der Waals surface area (Å²) in [6.07, 6.45) is 1.10. The van der Waals surface area contributed by atoms with Crippen molar-refractivity contribution in [3.8, 4) is 5.75 Å². The maximum Gasteiger partial charge on any atom is 0.342 e. The number of aromatic nitrogens is 2. The lowest BCUT2D eigenvalue weighted by molar-refractivity contribution is -0.391. The van der Waals surface area contributed by atoms with Gasteiger partial charge in [-0.15, -0.1) is 0 Å². The van der Waals surface area contributed by atoms with Gasteiger partial charge in [-0.3, -0.25) is 10.1 Å². The number of hydrogen-bond acceptors (Lipinski definition) is 6. The molecule has 0 unspecified atom stereocenters. The molecule has 9 nitrogen and oxygen atoms in total. The summed E-state index contributed by atoms with van der Waals surface area (Å²) < 4.78 is 7.06. The van der Waals surface area contributed by atoms with E-state index in [4.69, 9.17) is 4.74 Å². The van der Waals surface area contributed by atoms with Gasteiger partial charge in [0.15, 0.2) is 6.61 Å². The zero-order chi connectivity index (χ0) is 15.6. The fourth-order valence-corrected chi connectivity index (χ4v) is 2.13. The van der Waals surface area contributed by atoms with E-state index in [1.165, 1.54) is 23.7 Å². The first-order valence-electron chi connectivity index (χ1n) is 5.62. The van der Waals surface area contributed by atoms with E-state index in [1.54, 1.807) is 6.07 Å². The van der Waals surface area contributed by atoms with E-state index in [0.717, 1.165) is 6.20 Å². The van der Waals surface area contributed by atoms with Gasteiger partial charge in [-0.1, -0.05) is 6.07 Å². The summed E-state index contributed by atoms with van der Waals surface area (Å²) in [6, 6.07) is 4.42. The number of ether oxygens (including phenoxy) is 1. The molecular weight excluding hydrogens is 348 g/mol. The Morgan fingerprint density at radius 1 is 1.33 bits per heavy atom. The maximum atomic E-state index is 10.9. The van der Waals surface area contributed by atoms with Crippen molar-refractivity contribution >= 4 is 27.4 Å². The number of benzene rings is 1. The monoisotopic (exact) mass is 356 g/mol. The molecule has 10 heteroatoms. The second-order valence-corrected chi connectivity index (χ2v) is 4.84. The number of nitro groups is 2. The van der Waals surface area contributed by atoms with E-state index < -0.39 is 9.85 Å². The summed E-state index contributed by atoms with van der Waals surface area (Å²) in [6.45, 7) is -0.131. The number of rotatable bonds is 5. The van der Waals surface area contributed by atoms with Crippen molar-refractivity contribution in [1.29, 1.82) is 0 Å². The normalized spacial score (nSPS) is 10.4. The molecule has 0 atom stereocenters. The highest BCUT2D eigenvalue weighted by molar-refractivity contribution is 9.10. The van der Waals surface area contributed by atoms with Gasteiger partial charge in [0.25, 0.3) is 0 Å². The van der Waals surface area contributed by atoms with Gasteiger partial charge >= 0.3 is 11.5 Å². The second kappa shape index (κ2) is 5.87. The predicted octanol–water partition coefficient (Wildman–Crippen LogP) is 2.58. The first kappa shape index (κ1) is 14.9. The number of nitro benzene ring substituents is 1. The van der Waals surface area contributed by atoms with Gasteiger partial charge in [0.2, 0.25) is 11.6 Å². The van der Waals surface area contributed by atoms with Gasteiger partial charge in [-0.25, -0.2) is 9.55 Å². The zero-order valence-electron chi connectivity index (χ0n) is 10.7. The van der Waals surface area contributed by atoms with Crippen molar-refractivity contribution in [1.82, 2.24) is 9.55 Å². The quantitative estimate of drug-likeness (QED) is 0.600. The van der Waals surface area contributed by atoms with E-state index in [1.807, 2.05) is 0 Å². The van der Waals surface area contributed by atoms with Crippen LogP contribution in [0.25, 0.3) is 0 Å². The SMILES string of the molecule is Cn1c([N+](=O)[O-])cnc1COc1c(Br)cccc1[N+](=O)[O-]. The number of halogens is 1. The van der Waals surface area contributed by atoms with E-state index in [-0.39, 0.29) is 29.7 Å². The molecule has 0 spiro atoms. The molecule has 1 heterocycles. The van der Waals surface area contributed by atoms with Gasteiger partial charge in [-0.2, -0.15) is 0 Å².